The molecule has 58 heavy (non-hydrogen) atoms. The van der Waals surface area contributed by atoms with Gasteiger partial charge in [0.2, 0.25) is 0 Å². The molecule has 0 saturated heterocycles. The second-order valence-electron chi connectivity index (χ2n) is 16.0. The first kappa shape index (κ1) is 55.1. The highest BCUT2D eigenvalue weighted by Gasteiger charge is 2.19. The molecule has 6 nitrogen and oxygen atoms in total. The zero-order valence-electron chi connectivity index (χ0n) is 38.0. The summed E-state index contributed by atoms with van der Waals surface area (Å²) < 4.78 is 16.7. The first-order valence-corrected chi connectivity index (χ1v) is 24.3. The third-order valence-electron chi connectivity index (χ3n) is 10.2. The van der Waals surface area contributed by atoms with Gasteiger partial charge in [-0.3, -0.25) is 14.4 Å². The van der Waals surface area contributed by atoms with E-state index in [1.807, 2.05) is 0 Å². The molecule has 6 heteroatoms. The average molecular weight is 811 g/mol. The summed E-state index contributed by atoms with van der Waals surface area (Å²) in [5, 5.41) is 0. The second kappa shape index (κ2) is 46.8. The van der Waals surface area contributed by atoms with Crippen molar-refractivity contribution in [3.8, 4) is 0 Å². The number of esters is 3. The second-order valence-corrected chi connectivity index (χ2v) is 16.0. The van der Waals surface area contributed by atoms with E-state index < -0.39 is 6.10 Å². The predicted octanol–water partition coefficient (Wildman–Crippen LogP) is 15.7. The van der Waals surface area contributed by atoms with Crippen LogP contribution in [0.15, 0.2) is 60.8 Å². The molecule has 0 N–H and O–H groups in total. The van der Waals surface area contributed by atoms with Crippen LogP contribution in [-0.4, -0.2) is 37.2 Å². The third-order valence-corrected chi connectivity index (χ3v) is 10.2. The molecular weight excluding hydrogens is 721 g/mol. The fourth-order valence-electron chi connectivity index (χ4n) is 6.57. The fraction of sp³-hybridized carbons (Fsp3) is 0.750. The van der Waals surface area contributed by atoms with Crippen molar-refractivity contribution in [2.75, 3.05) is 13.2 Å². The predicted molar refractivity (Wildman–Crippen MR) is 247 cm³/mol. The molecule has 0 amide bonds. The number of hydrogen-bond acceptors (Lipinski definition) is 6. The lowest BCUT2D eigenvalue weighted by molar-refractivity contribution is -0.167. The van der Waals surface area contributed by atoms with Crippen molar-refractivity contribution in [1.82, 2.24) is 0 Å². The molecule has 0 rings (SSSR count). The molecule has 0 radical (unpaired) electrons. The van der Waals surface area contributed by atoms with Crippen LogP contribution in [0.1, 0.15) is 233 Å². The van der Waals surface area contributed by atoms with E-state index in [2.05, 4.69) is 81.5 Å². The molecule has 0 aliphatic heterocycles. The summed E-state index contributed by atoms with van der Waals surface area (Å²) in [6.45, 7) is 6.43. The van der Waals surface area contributed by atoms with Crippen molar-refractivity contribution in [3.05, 3.63) is 60.8 Å². The van der Waals surface area contributed by atoms with Crippen LogP contribution < -0.4 is 0 Å². The topological polar surface area (TPSA) is 78.9 Å². The lowest BCUT2D eigenvalue weighted by Gasteiger charge is -2.18. The van der Waals surface area contributed by atoms with E-state index in [9.17, 15) is 14.4 Å². The maximum absolute atomic E-state index is 12.7. The van der Waals surface area contributed by atoms with Crippen molar-refractivity contribution < 1.29 is 28.6 Å². The van der Waals surface area contributed by atoms with Crippen LogP contribution >= 0.6 is 0 Å². The minimum Gasteiger partial charge on any atom is -0.462 e. The van der Waals surface area contributed by atoms with E-state index in [1.165, 1.54) is 109 Å². The summed E-state index contributed by atoms with van der Waals surface area (Å²) >= 11 is 0. The van der Waals surface area contributed by atoms with Gasteiger partial charge in [-0.1, -0.05) is 178 Å². The zero-order chi connectivity index (χ0) is 42.3. The van der Waals surface area contributed by atoms with E-state index >= 15 is 0 Å². The van der Waals surface area contributed by atoms with Crippen LogP contribution in [0.25, 0.3) is 0 Å². The van der Waals surface area contributed by atoms with Gasteiger partial charge in [-0.15, -0.1) is 0 Å². The van der Waals surface area contributed by atoms with Crippen molar-refractivity contribution in [1.29, 1.82) is 0 Å². The van der Waals surface area contributed by atoms with E-state index in [0.717, 1.165) is 77.0 Å². The van der Waals surface area contributed by atoms with E-state index in [4.69, 9.17) is 14.2 Å². The molecule has 1 atom stereocenters. The van der Waals surface area contributed by atoms with Gasteiger partial charge >= 0.3 is 17.9 Å². The minimum atomic E-state index is -0.797. The SMILES string of the molecule is CC/C=C\C/C=C\C/C=C\CCCC(=O)OCC(COC(=O)CCCCCCCCC/C=C\CCCCCCCC)OC(=O)CCCCCCC/C=C\CCCCC. The van der Waals surface area contributed by atoms with Crippen LogP contribution in [0.5, 0.6) is 0 Å². The van der Waals surface area contributed by atoms with E-state index in [-0.39, 0.29) is 37.5 Å². The normalized spacial score (nSPS) is 12.5. The first-order chi connectivity index (χ1) is 28.5. The molecular formula is C52H90O6. The van der Waals surface area contributed by atoms with Crippen LogP contribution in [-0.2, 0) is 28.6 Å². The lowest BCUT2D eigenvalue weighted by Crippen LogP contribution is -2.30. The summed E-state index contributed by atoms with van der Waals surface area (Å²) in [5.41, 5.74) is 0. The first-order valence-electron chi connectivity index (χ1n) is 24.3. The highest BCUT2D eigenvalue weighted by Crippen LogP contribution is 2.14. The molecule has 0 aliphatic carbocycles. The highest BCUT2D eigenvalue weighted by atomic mass is 16.6. The number of allylic oxidation sites excluding steroid dienone is 10. The Labute approximate surface area is 358 Å². The third kappa shape index (κ3) is 44.2. The Hall–Kier alpha value is -2.89. The van der Waals surface area contributed by atoms with Crippen molar-refractivity contribution in [2.45, 2.75) is 239 Å². The zero-order valence-corrected chi connectivity index (χ0v) is 38.0. The summed E-state index contributed by atoms with van der Waals surface area (Å²) in [6, 6.07) is 0. The van der Waals surface area contributed by atoms with E-state index in [1.54, 1.807) is 0 Å². The van der Waals surface area contributed by atoms with Crippen molar-refractivity contribution in [3.63, 3.8) is 0 Å². The van der Waals surface area contributed by atoms with Crippen LogP contribution in [0, 0.1) is 0 Å². The molecule has 0 saturated carbocycles. The smallest absolute Gasteiger partial charge is 0.306 e. The Balaban J connectivity index is 4.40. The van der Waals surface area contributed by atoms with Gasteiger partial charge in [0.05, 0.1) is 0 Å². The molecule has 0 spiro atoms. The molecule has 0 aromatic rings. The maximum atomic E-state index is 12.7. The Morgan fingerprint density at radius 2 is 0.690 bits per heavy atom. The quantitative estimate of drug-likeness (QED) is 0.0264. The van der Waals surface area contributed by atoms with Gasteiger partial charge < -0.3 is 14.2 Å². The molecule has 0 heterocycles. The number of hydrogen-bond donors (Lipinski definition) is 0. The standard InChI is InChI=1S/C52H90O6/c1-4-7-10-13-16-19-22-24-25-26-27-28-31-33-36-39-42-45-51(54)57-48-49(47-56-50(53)44-41-38-35-32-29-21-18-15-12-9-6-3)58-52(55)46-43-40-37-34-30-23-20-17-14-11-8-5-2/h9,12,17-18,20-21,24-25,32,35,49H,4-8,10-11,13-16,19,22-23,26-31,33-34,36-48H2,1-3H3/b12-9-,20-17-,21-18-,25-24-,35-32-. The Bertz CT molecular complexity index is 1070. The summed E-state index contributed by atoms with van der Waals surface area (Å²) in [6.07, 6.45) is 56.4. The largest absolute Gasteiger partial charge is 0.462 e. The van der Waals surface area contributed by atoms with Gasteiger partial charge in [-0.2, -0.15) is 0 Å². The molecule has 334 valence electrons. The van der Waals surface area contributed by atoms with Crippen LogP contribution in [0.3, 0.4) is 0 Å². The van der Waals surface area contributed by atoms with Gasteiger partial charge in [-0.05, 0) is 96.3 Å². The average Bonchev–Trinajstić information content (AvgIpc) is 3.22. The van der Waals surface area contributed by atoms with Gasteiger partial charge in [-0.25, -0.2) is 0 Å². The minimum absolute atomic E-state index is 0.0955. The highest BCUT2D eigenvalue weighted by molar-refractivity contribution is 5.71. The molecule has 0 fully saturated rings. The van der Waals surface area contributed by atoms with Gasteiger partial charge in [0.15, 0.2) is 6.10 Å². The lowest BCUT2D eigenvalue weighted by atomic mass is 10.1. The van der Waals surface area contributed by atoms with Crippen molar-refractivity contribution in [2.24, 2.45) is 0 Å². The number of rotatable bonds is 43. The Kier molecular flexibility index (Phi) is 44.5. The molecule has 0 bridgehead atoms. The van der Waals surface area contributed by atoms with Gasteiger partial charge in [0.1, 0.15) is 13.2 Å². The van der Waals surface area contributed by atoms with E-state index in [0.29, 0.717) is 19.3 Å². The Morgan fingerprint density at radius 1 is 0.362 bits per heavy atom. The van der Waals surface area contributed by atoms with Crippen LogP contribution in [0.4, 0.5) is 0 Å². The number of unbranched alkanes of at least 4 members (excludes halogenated alkanes) is 22. The molecule has 0 aromatic heterocycles. The monoisotopic (exact) mass is 811 g/mol. The maximum Gasteiger partial charge on any atom is 0.306 e. The summed E-state index contributed by atoms with van der Waals surface area (Å²) in [7, 11) is 0. The van der Waals surface area contributed by atoms with Crippen LogP contribution in [0.2, 0.25) is 0 Å². The Morgan fingerprint density at radius 3 is 1.17 bits per heavy atom. The molecule has 0 aromatic carbocycles. The number of ether oxygens (including phenoxy) is 3. The van der Waals surface area contributed by atoms with Gasteiger partial charge in [0, 0.05) is 19.3 Å². The van der Waals surface area contributed by atoms with Crippen molar-refractivity contribution >= 4 is 17.9 Å². The molecule has 0 aliphatic rings. The molecule has 1 unspecified atom stereocenters. The number of carbonyl (C=O) groups is 3. The fourth-order valence-corrected chi connectivity index (χ4v) is 6.57. The number of carbonyl (C=O) groups excluding carboxylic acids is 3. The van der Waals surface area contributed by atoms with Gasteiger partial charge in [0.25, 0.3) is 0 Å². The summed E-state index contributed by atoms with van der Waals surface area (Å²) in [4.78, 5) is 37.8. The summed E-state index contributed by atoms with van der Waals surface area (Å²) in [5.74, 6) is -0.967.